The monoisotopic (exact) mass is 455 g/mol. The molecule has 7 nitrogen and oxygen atoms in total. The van der Waals surface area contributed by atoms with Crippen molar-refractivity contribution in [1.29, 1.82) is 0 Å². The van der Waals surface area contributed by atoms with Crippen LogP contribution in [-0.4, -0.2) is 41.8 Å². The van der Waals surface area contributed by atoms with Gasteiger partial charge >= 0.3 is 11.8 Å². The van der Waals surface area contributed by atoms with E-state index in [0.29, 0.717) is 11.3 Å². The molecule has 0 saturated heterocycles. The second-order valence-corrected chi connectivity index (χ2v) is 9.91. The Morgan fingerprint density at radius 3 is 2.00 bits per heavy atom. The lowest BCUT2D eigenvalue weighted by Crippen LogP contribution is -2.65. The van der Waals surface area contributed by atoms with Gasteiger partial charge in [0.25, 0.3) is 0 Å². The van der Waals surface area contributed by atoms with E-state index in [1.54, 1.807) is 24.1 Å². The van der Waals surface area contributed by atoms with Crippen LogP contribution in [0.5, 0.6) is 5.75 Å². The standard InChI is InChI=1S/C26H37N3O4/c1-33-22-16-14-19(15-17-22)26(25(27)32,18-8-2-3-9-18)29(21-12-6-7-13-21)24(31)23(30)28-20-10-4-5-11-20/h14-18,20-21H,2-13H2,1H3,(H2,27,32)(H,28,30). The number of methoxy groups -OCH3 is 1. The fourth-order valence-electron chi connectivity index (χ4n) is 6.43. The number of amides is 3. The summed E-state index contributed by atoms with van der Waals surface area (Å²) in [4.78, 5) is 42.3. The first-order chi connectivity index (χ1) is 16.0. The van der Waals surface area contributed by atoms with Gasteiger partial charge in [-0.05, 0) is 62.1 Å². The zero-order valence-corrected chi connectivity index (χ0v) is 19.7. The molecule has 1 aromatic carbocycles. The molecule has 3 fully saturated rings. The first-order valence-corrected chi connectivity index (χ1v) is 12.6. The van der Waals surface area contributed by atoms with Gasteiger partial charge < -0.3 is 20.7 Å². The Bertz CT molecular complexity index is 853. The van der Waals surface area contributed by atoms with Crippen molar-refractivity contribution in [3.8, 4) is 5.75 Å². The van der Waals surface area contributed by atoms with Crippen LogP contribution in [0.2, 0.25) is 0 Å². The van der Waals surface area contributed by atoms with Gasteiger partial charge in [0.15, 0.2) is 0 Å². The molecule has 0 radical (unpaired) electrons. The number of nitrogens with one attached hydrogen (secondary N) is 1. The number of carbonyl (C=O) groups is 3. The molecule has 7 heteroatoms. The molecule has 1 unspecified atom stereocenters. The smallest absolute Gasteiger partial charge is 0.313 e. The van der Waals surface area contributed by atoms with Crippen molar-refractivity contribution in [3.05, 3.63) is 29.8 Å². The SMILES string of the molecule is COc1ccc(C(C(N)=O)(C2CCCC2)N(C(=O)C(=O)NC2CCCC2)C2CCCC2)cc1. The Balaban J connectivity index is 1.80. The molecule has 0 aliphatic heterocycles. The predicted octanol–water partition coefficient (Wildman–Crippen LogP) is 3.40. The Hall–Kier alpha value is -2.57. The summed E-state index contributed by atoms with van der Waals surface area (Å²) in [7, 11) is 1.59. The van der Waals surface area contributed by atoms with Gasteiger partial charge in [-0.15, -0.1) is 0 Å². The molecule has 1 atom stereocenters. The van der Waals surface area contributed by atoms with Crippen LogP contribution in [0.1, 0.15) is 82.6 Å². The lowest BCUT2D eigenvalue weighted by molar-refractivity contribution is -0.161. The van der Waals surface area contributed by atoms with E-state index < -0.39 is 23.3 Å². The number of carbonyl (C=O) groups excluding carboxylic acids is 3. The summed E-state index contributed by atoms with van der Waals surface area (Å²) >= 11 is 0. The van der Waals surface area contributed by atoms with Crippen LogP contribution in [0.3, 0.4) is 0 Å². The molecule has 0 bridgehead atoms. The number of nitrogens with zero attached hydrogens (tertiary/aromatic N) is 1. The minimum Gasteiger partial charge on any atom is -0.497 e. The summed E-state index contributed by atoms with van der Waals surface area (Å²) in [6.45, 7) is 0. The number of benzene rings is 1. The molecule has 180 valence electrons. The average Bonchev–Trinajstić information content (AvgIpc) is 3.61. The van der Waals surface area contributed by atoms with Gasteiger partial charge in [0.2, 0.25) is 5.91 Å². The fourth-order valence-corrected chi connectivity index (χ4v) is 6.43. The molecule has 3 saturated carbocycles. The number of nitrogens with two attached hydrogens (primary N) is 1. The van der Waals surface area contributed by atoms with Crippen molar-refractivity contribution in [2.75, 3.05) is 7.11 Å². The van der Waals surface area contributed by atoms with Crippen LogP contribution in [0.25, 0.3) is 0 Å². The predicted molar refractivity (Wildman–Crippen MR) is 125 cm³/mol. The Labute approximate surface area is 196 Å². The summed E-state index contributed by atoms with van der Waals surface area (Å²) in [5, 5.41) is 2.95. The van der Waals surface area contributed by atoms with Gasteiger partial charge in [-0.2, -0.15) is 0 Å². The molecule has 0 spiro atoms. The largest absolute Gasteiger partial charge is 0.497 e. The first kappa shape index (κ1) is 23.6. The fraction of sp³-hybridized carbons (Fsp3) is 0.654. The summed E-state index contributed by atoms with van der Waals surface area (Å²) in [6.07, 6.45) is 11.0. The van der Waals surface area contributed by atoms with Crippen molar-refractivity contribution < 1.29 is 19.1 Å². The Morgan fingerprint density at radius 1 is 0.909 bits per heavy atom. The third-order valence-corrected chi connectivity index (χ3v) is 8.03. The van der Waals surface area contributed by atoms with E-state index in [4.69, 9.17) is 10.5 Å². The normalized spacial score (nSPS) is 21.6. The van der Waals surface area contributed by atoms with E-state index in [9.17, 15) is 14.4 Å². The first-order valence-electron chi connectivity index (χ1n) is 12.6. The minimum absolute atomic E-state index is 0.0299. The number of hydrogen-bond donors (Lipinski definition) is 2. The molecule has 33 heavy (non-hydrogen) atoms. The van der Waals surface area contributed by atoms with Gasteiger partial charge in [-0.3, -0.25) is 14.4 Å². The minimum atomic E-state index is -1.35. The molecule has 3 aliphatic rings. The number of hydrogen-bond acceptors (Lipinski definition) is 4. The van der Waals surface area contributed by atoms with Crippen molar-refractivity contribution >= 4 is 17.7 Å². The van der Waals surface area contributed by atoms with Gasteiger partial charge in [-0.25, -0.2) is 0 Å². The van der Waals surface area contributed by atoms with E-state index in [1.807, 2.05) is 12.1 Å². The van der Waals surface area contributed by atoms with E-state index in [1.165, 1.54) is 0 Å². The van der Waals surface area contributed by atoms with Crippen molar-refractivity contribution in [2.24, 2.45) is 11.7 Å². The second kappa shape index (κ2) is 10.1. The van der Waals surface area contributed by atoms with Gasteiger partial charge in [0.05, 0.1) is 7.11 Å². The number of primary amides is 1. The maximum atomic E-state index is 13.9. The highest BCUT2D eigenvalue weighted by atomic mass is 16.5. The van der Waals surface area contributed by atoms with Gasteiger partial charge in [0, 0.05) is 12.1 Å². The molecule has 3 amide bonds. The highest BCUT2D eigenvalue weighted by Crippen LogP contribution is 2.48. The molecule has 0 heterocycles. The molecule has 3 aliphatic carbocycles. The lowest BCUT2D eigenvalue weighted by atomic mass is 9.73. The summed E-state index contributed by atoms with van der Waals surface area (Å²) in [5.41, 5.74) is 5.56. The molecule has 4 rings (SSSR count). The zero-order valence-electron chi connectivity index (χ0n) is 19.7. The highest BCUT2D eigenvalue weighted by molar-refractivity contribution is 6.35. The lowest BCUT2D eigenvalue weighted by Gasteiger charge is -2.48. The number of rotatable bonds is 7. The van der Waals surface area contributed by atoms with Gasteiger partial charge in [-0.1, -0.05) is 50.7 Å². The summed E-state index contributed by atoms with van der Waals surface area (Å²) in [6, 6.07) is 7.14. The van der Waals surface area contributed by atoms with Crippen LogP contribution in [0, 0.1) is 5.92 Å². The van der Waals surface area contributed by atoms with E-state index in [0.717, 1.165) is 77.0 Å². The maximum Gasteiger partial charge on any atom is 0.313 e. The third kappa shape index (κ3) is 4.46. The molecule has 1 aromatic rings. The highest BCUT2D eigenvalue weighted by Gasteiger charge is 2.56. The van der Waals surface area contributed by atoms with Crippen LogP contribution in [0.15, 0.2) is 24.3 Å². The Morgan fingerprint density at radius 2 is 1.45 bits per heavy atom. The average molecular weight is 456 g/mol. The molecule has 3 N–H and O–H groups in total. The second-order valence-electron chi connectivity index (χ2n) is 9.91. The topological polar surface area (TPSA) is 102 Å². The van der Waals surface area contributed by atoms with E-state index >= 15 is 0 Å². The molecule has 0 aromatic heterocycles. The molecular formula is C26H37N3O4. The van der Waals surface area contributed by atoms with Crippen LogP contribution < -0.4 is 15.8 Å². The van der Waals surface area contributed by atoms with Crippen molar-refractivity contribution in [2.45, 2.75) is 94.7 Å². The van der Waals surface area contributed by atoms with Crippen LogP contribution in [0.4, 0.5) is 0 Å². The van der Waals surface area contributed by atoms with Crippen molar-refractivity contribution in [1.82, 2.24) is 10.2 Å². The summed E-state index contributed by atoms with van der Waals surface area (Å²) in [5.74, 6) is -1.22. The molecular weight excluding hydrogens is 418 g/mol. The van der Waals surface area contributed by atoms with Crippen LogP contribution in [-0.2, 0) is 19.9 Å². The van der Waals surface area contributed by atoms with Crippen molar-refractivity contribution in [3.63, 3.8) is 0 Å². The zero-order chi connectivity index (χ0) is 23.4. The van der Waals surface area contributed by atoms with E-state index in [-0.39, 0.29) is 18.0 Å². The quantitative estimate of drug-likeness (QED) is 0.615. The van der Waals surface area contributed by atoms with Gasteiger partial charge in [0.1, 0.15) is 11.3 Å². The maximum absolute atomic E-state index is 13.9. The number of ether oxygens (including phenoxy) is 1. The van der Waals surface area contributed by atoms with Crippen LogP contribution >= 0.6 is 0 Å². The van der Waals surface area contributed by atoms with E-state index in [2.05, 4.69) is 5.32 Å². The summed E-state index contributed by atoms with van der Waals surface area (Å²) < 4.78 is 5.33. The third-order valence-electron chi connectivity index (χ3n) is 8.03. The Kier molecular flexibility index (Phi) is 7.25.